The lowest BCUT2D eigenvalue weighted by Crippen LogP contribution is -2.40. The Morgan fingerprint density at radius 2 is 2.03 bits per heavy atom. The predicted molar refractivity (Wildman–Crippen MR) is 117 cm³/mol. The van der Waals surface area contributed by atoms with Crippen LogP contribution in [0.1, 0.15) is 12.8 Å². The zero-order valence-corrected chi connectivity index (χ0v) is 18.0. The lowest BCUT2D eigenvalue weighted by Gasteiger charge is -2.32. The molecule has 0 radical (unpaired) electrons. The van der Waals surface area contributed by atoms with E-state index in [4.69, 9.17) is 33.0 Å². The van der Waals surface area contributed by atoms with Gasteiger partial charge in [-0.05, 0) is 31.0 Å². The molecule has 7 nitrogen and oxygen atoms in total. The maximum absolute atomic E-state index is 9.04. The smallest absolute Gasteiger partial charge is 0.227 e. The number of nitrogens with zero attached hydrogens (tertiary/aromatic N) is 4. The number of hydrogen-bond acceptors (Lipinski definition) is 7. The molecule has 158 valence electrons. The largest absolute Gasteiger partial charge is 0.490 e. The molecule has 1 fully saturated rings. The molecular weight excluding hydrogens is 413 g/mol. The van der Waals surface area contributed by atoms with Crippen LogP contribution >= 0.6 is 23.2 Å². The Bertz CT molecular complexity index is 787. The van der Waals surface area contributed by atoms with Crippen molar-refractivity contribution >= 4 is 35.0 Å². The average molecular weight is 440 g/mol. The summed E-state index contributed by atoms with van der Waals surface area (Å²) in [7, 11) is 1.86. The van der Waals surface area contributed by atoms with Crippen molar-refractivity contribution in [2.75, 3.05) is 56.6 Å². The molecule has 1 aliphatic rings. The van der Waals surface area contributed by atoms with Crippen molar-refractivity contribution in [1.29, 1.82) is 0 Å². The van der Waals surface area contributed by atoms with Crippen molar-refractivity contribution in [3.63, 3.8) is 0 Å². The highest BCUT2D eigenvalue weighted by Gasteiger charge is 2.20. The number of piperidine rings is 1. The quantitative estimate of drug-likeness (QED) is 0.621. The van der Waals surface area contributed by atoms with Crippen LogP contribution in [0.2, 0.25) is 10.0 Å². The summed E-state index contributed by atoms with van der Waals surface area (Å²) < 4.78 is 6.04. The van der Waals surface area contributed by atoms with Crippen molar-refractivity contribution in [3.05, 3.63) is 40.5 Å². The van der Waals surface area contributed by atoms with Crippen LogP contribution < -0.4 is 15.0 Å². The third kappa shape index (κ3) is 6.60. The molecule has 1 aromatic heterocycles. The van der Waals surface area contributed by atoms with Gasteiger partial charge >= 0.3 is 0 Å². The standard InChI is InChI=1S/C20H27Cl2N5O2/c1-26(12-13-28)20-24-7-4-19(25-20)23-8-11-27-9-5-15(6-10-27)29-16-2-3-17(21)18(22)14-16/h2-4,7,14-15,28H,5-6,8-13H2,1H3,(H,23,24,25). The van der Waals surface area contributed by atoms with Crippen LogP contribution in [-0.2, 0) is 0 Å². The van der Waals surface area contributed by atoms with Crippen molar-refractivity contribution in [1.82, 2.24) is 14.9 Å². The normalized spacial score (nSPS) is 15.3. The second-order valence-electron chi connectivity index (χ2n) is 7.05. The van der Waals surface area contributed by atoms with Crippen molar-refractivity contribution in [3.8, 4) is 5.75 Å². The number of aliphatic hydroxyl groups is 1. The van der Waals surface area contributed by atoms with Crippen LogP contribution in [0.25, 0.3) is 0 Å². The molecule has 0 unspecified atom stereocenters. The van der Waals surface area contributed by atoms with E-state index in [0.717, 1.165) is 50.6 Å². The van der Waals surface area contributed by atoms with Gasteiger partial charge in [-0.25, -0.2) is 4.98 Å². The number of anilines is 2. The first kappa shape index (κ1) is 21.9. The third-order valence-electron chi connectivity index (χ3n) is 4.88. The van der Waals surface area contributed by atoms with E-state index in [2.05, 4.69) is 20.2 Å². The lowest BCUT2D eigenvalue weighted by molar-refractivity contribution is 0.103. The molecule has 29 heavy (non-hydrogen) atoms. The van der Waals surface area contributed by atoms with Crippen molar-refractivity contribution < 1.29 is 9.84 Å². The molecule has 2 N–H and O–H groups in total. The van der Waals surface area contributed by atoms with E-state index in [9.17, 15) is 0 Å². The average Bonchev–Trinajstić information content (AvgIpc) is 2.72. The molecule has 0 aliphatic carbocycles. The van der Waals surface area contributed by atoms with Gasteiger partial charge < -0.3 is 25.0 Å². The number of likely N-dealkylation sites (tertiary alicyclic amines) is 1. The third-order valence-corrected chi connectivity index (χ3v) is 5.62. The molecule has 2 aromatic rings. The Hall–Kier alpha value is -1.80. The molecule has 3 rings (SSSR count). The predicted octanol–water partition coefficient (Wildman–Crippen LogP) is 3.17. The van der Waals surface area contributed by atoms with Gasteiger partial charge in [0.15, 0.2) is 0 Å². The fourth-order valence-electron chi connectivity index (χ4n) is 3.22. The summed E-state index contributed by atoms with van der Waals surface area (Å²) in [5.41, 5.74) is 0. The monoisotopic (exact) mass is 439 g/mol. The maximum Gasteiger partial charge on any atom is 0.227 e. The van der Waals surface area contributed by atoms with Gasteiger partial charge in [0.05, 0.1) is 16.7 Å². The van der Waals surface area contributed by atoms with E-state index in [-0.39, 0.29) is 12.7 Å². The summed E-state index contributed by atoms with van der Waals surface area (Å²) in [6.07, 6.45) is 3.88. The van der Waals surface area contributed by atoms with Crippen LogP contribution in [0.5, 0.6) is 5.75 Å². The Morgan fingerprint density at radius 3 is 2.76 bits per heavy atom. The van der Waals surface area contributed by atoms with Gasteiger partial charge in [-0.1, -0.05) is 23.2 Å². The van der Waals surface area contributed by atoms with Crippen LogP contribution in [-0.4, -0.2) is 72.5 Å². The summed E-state index contributed by atoms with van der Waals surface area (Å²) in [6.45, 7) is 4.29. The minimum absolute atomic E-state index is 0.0717. The Morgan fingerprint density at radius 1 is 1.24 bits per heavy atom. The van der Waals surface area contributed by atoms with Gasteiger partial charge in [0, 0.05) is 52.0 Å². The Balaban J connectivity index is 1.39. The van der Waals surface area contributed by atoms with E-state index in [1.165, 1.54) is 0 Å². The summed E-state index contributed by atoms with van der Waals surface area (Å²) >= 11 is 12.0. The van der Waals surface area contributed by atoms with Gasteiger partial charge in [0.1, 0.15) is 17.7 Å². The van der Waals surface area contributed by atoms with E-state index < -0.39 is 0 Å². The van der Waals surface area contributed by atoms with Crippen LogP contribution in [0.15, 0.2) is 30.5 Å². The van der Waals surface area contributed by atoms with Gasteiger partial charge in [0.2, 0.25) is 5.95 Å². The van der Waals surface area contributed by atoms with Crippen molar-refractivity contribution in [2.45, 2.75) is 18.9 Å². The summed E-state index contributed by atoms with van der Waals surface area (Å²) in [5, 5.41) is 13.4. The second-order valence-corrected chi connectivity index (χ2v) is 7.86. The number of benzene rings is 1. The maximum atomic E-state index is 9.04. The SMILES string of the molecule is CN(CCO)c1nccc(NCCN2CCC(Oc3ccc(Cl)c(Cl)c3)CC2)n1. The fraction of sp³-hybridized carbons (Fsp3) is 0.500. The Labute approximate surface area is 181 Å². The first-order chi connectivity index (χ1) is 14.0. The first-order valence-electron chi connectivity index (χ1n) is 9.78. The number of aliphatic hydroxyl groups excluding tert-OH is 1. The van der Waals surface area contributed by atoms with E-state index in [1.807, 2.05) is 24.1 Å². The summed E-state index contributed by atoms with van der Waals surface area (Å²) in [5.74, 6) is 2.16. The molecule has 0 bridgehead atoms. The molecule has 9 heteroatoms. The lowest BCUT2D eigenvalue weighted by atomic mass is 10.1. The number of likely N-dealkylation sites (N-methyl/N-ethyl adjacent to an activating group) is 1. The van der Waals surface area contributed by atoms with Crippen LogP contribution in [0, 0.1) is 0 Å². The highest BCUT2D eigenvalue weighted by molar-refractivity contribution is 6.42. The fourth-order valence-corrected chi connectivity index (χ4v) is 3.50. The van der Waals surface area contributed by atoms with E-state index >= 15 is 0 Å². The molecule has 0 amide bonds. The number of rotatable bonds is 9. The number of halogens is 2. The van der Waals surface area contributed by atoms with Crippen LogP contribution in [0.3, 0.4) is 0 Å². The van der Waals surface area contributed by atoms with E-state index in [0.29, 0.717) is 22.5 Å². The Kier molecular flexibility index (Phi) is 8.18. The number of aromatic nitrogens is 2. The topological polar surface area (TPSA) is 73.8 Å². The van der Waals surface area contributed by atoms with Gasteiger partial charge in [-0.15, -0.1) is 0 Å². The molecule has 0 saturated carbocycles. The van der Waals surface area contributed by atoms with Crippen molar-refractivity contribution in [2.24, 2.45) is 0 Å². The molecule has 2 heterocycles. The van der Waals surface area contributed by atoms with Gasteiger partial charge in [-0.3, -0.25) is 0 Å². The molecule has 1 aliphatic heterocycles. The molecule has 1 saturated heterocycles. The molecular formula is C20H27Cl2N5O2. The van der Waals surface area contributed by atoms with Crippen LogP contribution in [0.4, 0.5) is 11.8 Å². The van der Waals surface area contributed by atoms with E-state index in [1.54, 1.807) is 18.3 Å². The first-order valence-corrected chi connectivity index (χ1v) is 10.5. The highest BCUT2D eigenvalue weighted by atomic mass is 35.5. The molecule has 1 aromatic carbocycles. The van der Waals surface area contributed by atoms with Gasteiger partial charge in [-0.2, -0.15) is 4.98 Å². The molecule has 0 atom stereocenters. The summed E-state index contributed by atoms with van der Waals surface area (Å²) in [6, 6.07) is 7.25. The minimum atomic E-state index is 0.0717. The molecule has 0 spiro atoms. The number of ether oxygens (including phenoxy) is 1. The second kappa shape index (κ2) is 10.8. The zero-order valence-electron chi connectivity index (χ0n) is 16.5. The highest BCUT2D eigenvalue weighted by Crippen LogP contribution is 2.28. The summed E-state index contributed by atoms with van der Waals surface area (Å²) in [4.78, 5) is 13.0. The number of nitrogens with one attached hydrogen (secondary N) is 1. The zero-order chi connectivity index (χ0) is 20.6. The minimum Gasteiger partial charge on any atom is -0.490 e. The van der Waals surface area contributed by atoms with Gasteiger partial charge in [0.25, 0.3) is 0 Å². The number of hydrogen-bond donors (Lipinski definition) is 2.